The monoisotopic (exact) mass is 584 g/mol. The van der Waals surface area contributed by atoms with Gasteiger partial charge in [0, 0.05) is 23.7 Å². The zero-order valence-electron chi connectivity index (χ0n) is 24.2. The molecule has 1 heterocycles. The molecule has 1 aliphatic carbocycles. The van der Waals surface area contributed by atoms with Crippen molar-refractivity contribution in [3.63, 3.8) is 0 Å². The largest absolute Gasteiger partial charge is 0.493 e. The SMILES string of the molecule is COc1cc2c(c(OC)c1OC)-c1ccc(NCC(=O)Nc3cccc(-c4ncn[nH]4)c3)c(=O)cc1C(NC(C)=O)CC2. The van der Waals surface area contributed by atoms with E-state index in [2.05, 4.69) is 31.1 Å². The highest BCUT2D eigenvalue weighted by molar-refractivity contribution is 5.94. The highest BCUT2D eigenvalue weighted by Crippen LogP contribution is 2.50. The summed E-state index contributed by atoms with van der Waals surface area (Å²) in [6, 6.07) is 13.6. The predicted octanol–water partition coefficient (Wildman–Crippen LogP) is 3.70. The van der Waals surface area contributed by atoms with Crippen LogP contribution in [0.3, 0.4) is 0 Å². The summed E-state index contributed by atoms with van der Waals surface area (Å²) >= 11 is 0. The average Bonchev–Trinajstić information content (AvgIpc) is 3.44. The molecule has 4 N–H and O–H groups in total. The molecule has 12 nitrogen and oxygen atoms in total. The second kappa shape index (κ2) is 12.6. The third-order valence-electron chi connectivity index (χ3n) is 7.19. The fourth-order valence-electron chi connectivity index (χ4n) is 5.32. The van der Waals surface area contributed by atoms with Gasteiger partial charge in [0.25, 0.3) is 0 Å². The maximum absolute atomic E-state index is 13.5. The van der Waals surface area contributed by atoms with E-state index < -0.39 is 6.04 Å². The van der Waals surface area contributed by atoms with Crippen molar-refractivity contribution in [3.05, 3.63) is 76.2 Å². The lowest BCUT2D eigenvalue weighted by Gasteiger charge is -2.19. The molecule has 0 radical (unpaired) electrons. The summed E-state index contributed by atoms with van der Waals surface area (Å²) in [5.41, 5.74) is 4.22. The van der Waals surface area contributed by atoms with Crippen LogP contribution in [0.25, 0.3) is 22.5 Å². The topological polar surface area (TPSA) is 157 Å². The summed E-state index contributed by atoms with van der Waals surface area (Å²) in [5.74, 6) is 1.41. The molecule has 222 valence electrons. The van der Waals surface area contributed by atoms with Gasteiger partial charge in [-0.3, -0.25) is 19.5 Å². The van der Waals surface area contributed by atoms with E-state index in [0.29, 0.717) is 52.7 Å². The van der Waals surface area contributed by atoms with Crippen molar-refractivity contribution in [3.8, 4) is 39.8 Å². The standard InChI is InChI=1S/C31H32N6O6/c1-17(38)35-23-10-8-18-13-26(41-2)29(42-3)30(43-4)28(18)21-9-11-24(25(39)14-22(21)23)32-15-27(40)36-20-7-5-6-19(12-20)31-33-16-34-37-31/h5-7,9,11-14,16,23H,8,10,15H2,1-4H3,(H,32,39)(H,35,38)(H,36,40)(H,33,34,37). The minimum atomic E-state index is -0.436. The molecule has 0 bridgehead atoms. The van der Waals surface area contributed by atoms with E-state index in [1.807, 2.05) is 12.1 Å². The number of carbonyl (C=O) groups excluding carboxylic acids is 2. The van der Waals surface area contributed by atoms with E-state index in [0.717, 1.165) is 16.7 Å². The van der Waals surface area contributed by atoms with Gasteiger partial charge in [0.1, 0.15) is 6.33 Å². The quantitative estimate of drug-likeness (QED) is 0.230. The van der Waals surface area contributed by atoms with Crippen molar-refractivity contribution in [1.82, 2.24) is 20.5 Å². The van der Waals surface area contributed by atoms with Gasteiger partial charge in [-0.1, -0.05) is 18.2 Å². The molecular formula is C31H32N6O6. The Morgan fingerprint density at radius 1 is 1.02 bits per heavy atom. The van der Waals surface area contributed by atoms with Gasteiger partial charge >= 0.3 is 0 Å². The molecular weight excluding hydrogens is 552 g/mol. The molecule has 43 heavy (non-hydrogen) atoms. The highest BCUT2D eigenvalue weighted by Gasteiger charge is 2.29. The molecule has 4 aromatic rings. The number of hydrogen-bond acceptors (Lipinski definition) is 9. The molecule has 1 aliphatic rings. The molecule has 12 heteroatoms. The minimum absolute atomic E-state index is 0.156. The summed E-state index contributed by atoms with van der Waals surface area (Å²) < 4.78 is 17.0. The number of nitrogens with one attached hydrogen (secondary N) is 4. The summed E-state index contributed by atoms with van der Waals surface area (Å²) in [4.78, 5) is 42.6. The van der Waals surface area contributed by atoms with Gasteiger partial charge in [-0.2, -0.15) is 5.10 Å². The molecule has 0 saturated heterocycles. The van der Waals surface area contributed by atoms with Crippen LogP contribution in [0.15, 0.2) is 59.7 Å². The molecule has 0 spiro atoms. The van der Waals surface area contributed by atoms with Gasteiger partial charge < -0.3 is 30.2 Å². The van der Waals surface area contributed by atoms with Crippen molar-refractivity contribution in [2.45, 2.75) is 25.8 Å². The van der Waals surface area contributed by atoms with Crippen LogP contribution >= 0.6 is 0 Å². The van der Waals surface area contributed by atoms with Crippen molar-refractivity contribution in [1.29, 1.82) is 0 Å². The van der Waals surface area contributed by atoms with Crippen LogP contribution in [0.5, 0.6) is 17.2 Å². The number of rotatable bonds is 9. The number of fused-ring (bicyclic) bond motifs is 3. The summed E-state index contributed by atoms with van der Waals surface area (Å²) in [6.45, 7) is 1.29. The number of anilines is 2. The Balaban J connectivity index is 1.48. The van der Waals surface area contributed by atoms with Gasteiger partial charge in [-0.05, 0) is 59.9 Å². The van der Waals surface area contributed by atoms with E-state index in [9.17, 15) is 14.4 Å². The van der Waals surface area contributed by atoms with Crippen LogP contribution in [0.2, 0.25) is 0 Å². The number of nitrogens with zero attached hydrogens (tertiary/aromatic N) is 2. The van der Waals surface area contributed by atoms with Gasteiger partial charge in [0.15, 0.2) is 17.3 Å². The fraction of sp³-hybridized carbons (Fsp3) is 0.258. The zero-order chi connectivity index (χ0) is 30.5. The Morgan fingerprint density at radius 2 is 1.84 bits per heavy atom. The van der Waals surface area contributed by atoms with Crippen LogP contribution in [0, 0.1) is 0 Å². The van der Waals surface area contributed by atoms with Gasteiger partial charge in [-0.25, -0.2) is 4.98 Å². The van der Waals surface area contributed by atoms with Crippen molar-refractivity contribution in [2.24, 2.45) is 0 Å². The second-order valence-corrected chi connectivity index (χ2v) is 9.91. The molecule has 2 amide bonds. The molecule has 0 aliphatic heterocycles. The third-order valence-corrected chi connectivity index (χ3v) is 7.19. The molecule has 1 atom stereocenters. The van der Waals surface area contributed by atoms with E-state index >= 15 is 0 Å². The maximum Gasteiger partial charge on any atom is 0.243 e. The zero-order valence-corrected chi connectivity index (χ0v) is 24.2. The van der Waals surface area contributed by atoms with E-state index in [1.54, 1.807) is 44.6 Å². The number of H-pyrrole nitrogens is 1. The van der Waals surface area contributed by atoms with Gasteiger partial charge in [0.2, 0.25) is 23.0 Å². The molecule has 0 saturated carbocycles. The molecule has 1 aromatic heterocycles. The Morgan fingerprint density at radius 3 is 2.53 bits per heavy atom. The van der Waals surface area contributed by atoms with E-state index in [-0.39, 0.29) is 29.5 Å². The van der Waals surface area contributed by atoms with Gasteiger partial charge in [-0.15, -0.1) is 0 Å². The van der Waals surface area contributed by atoms with Crippen LogP contribution in [0.4, 0.5) is 11.4 Å². The summed E-state index contributed by atoms with van der Waals surface area (Å²) in [5, 5.41) is 15.4. The number of aryl methyl sites for hydroxylation is 1. The van der Waals surface area contributed by atoms with Crippen LogP contribution in [0.1, 0.15) is 30.5 Å². The first-order chi connectivity index (χ1) is 20.8. The first-order valence-corrected chi connectivity index (χ1v) is 13.6. The van der Waals surface area contributed by atoms with Crippen molar-refractivity contribution >= 4 is 23.2 Å². The summed E-state index contributed by atoms with van der Waals surface area (Å²) in [6.07, 6.45) is 2.54. The Labute approximate surface area is 247 Å². The predicted molar refractivity (Wildman–Crippen MR) is 162 cm³/mol. The number of hydrogen-bond donors (Lipinski definition) is 4. The Hall–Kier alpha value is -5.39. The van der Waals surface area contributed by atoms with Gasteiger partial charge in [0.05, 0.1) is 39.6 Å². The van der Waals surface area contributed by atoms with Crippen LogP contribution < -0.4 is 35.6 Å². The smallest absolute Gasteiger partial charge is 0.243 e. The number of aromatic nitrogens is 3. The number of ether oxygens (including phenoxy) is 3. The minimum Gasteiger partial charge on any atom is -0.493 e. The molecule has 0 fully saturated rings. The number of amides is 2. The van der Waals surface area contributed by atoms with Crippen molar-refractivity contribution < 1.29 is 23.8 Å². The highest BCUT2D eigenvalue weighted by atomic mass is 16.5. The van der Waals surface area contributed by atoms with E-state index in [1.165, 1.54) is 26.4 Å². The van der Waals surface area contributed by atoms with Crippen LogP contribution in [-0.2, 0) is 16.0 Å². The number of carbonyl (C=O) groups is 2. The number of methoxy groups -OCH3 is 3. The maximum atomic E-state index is 13.5. The lowest BCUT2D eigenvalue weighted by molar-refractivity contribution is -0.119. The first kappa shape index (κ1) is 29.1. The average molecular weight is 585 g/mol. The fourth-order valence-corrected chi connectivity index (χ4v) is 5.32. The normalized spacial score (nSPS) is 13.5. The van der Waals surface area contributed by atoms with Crippen molar-refractivity contribution in [2.75, 3.05) is 38.5 Å². The Kier molecular flexibility index (Phi) is 8.56. The number of aromatic amines is 1. The summed E-state index contributed by atoms with van der Waals surface area (Å²) in [7, 11) is 4.63. The lowest BCUT2D eigenvalue weighted by Crippen LogP contribution is -2.27. The number of benzene rings is 2. The molecule has 3 aromatic carbocycles. The third kappa shape index (κ3) is 6.13. The first-order valence-electron chi connectivity index (χ1n) is 13.6. The van der Waals surface area contributed by atoms with E-state index in [4.69, 9.17) is 14.2 Å². The van der Waals surface area contributed by atoms with Crippen LogP contribution in [-0.4, -0.2) is 54.9 Å². The molecule has 1 unspecified atom stereocenters. The Bertz CT molecular complexity index is 1720. The second-order valence-electron chi connectivity index (χ2n) is 9.91. The lowest BCUT2D eigenvalue weighted by atomic mass is 9.95. The molecule has 5 rings (SSSR count).